The highest BCUT2D eigenvalue weighted by molar-refractivity contribution is 5.93. The van der Waals surface area contributed by atoms with Gasteiger partial charge in [0.25, 0.3) is 5.91 Å². The molecule has 2 aromatic heterocycles. The van der Waals surface area contributed by atoms with E-state index in [0.717, 1.165) is 11.1 Å². The molecule has 2 N–H and O–H groups in total. The maximum atomic E-state index is 12.4. The zero-order valence-electron chi connectivity index (χ0n) is 14.7. The SMILES string of the molecule is CC(C)c1ccc(-c2cc(C(=O)NCc3cccnc3)[nH]c(=O)n2)cc1. The van der Waals surface area contributed by atoms with E-state index in [0.29, 0.717) is 18.2 Å². The van der Waals surface area contributed by atoms with Crippen LogP contribution in [0.25, 0.3) is 11.3 Å². The van der Waals surface area contributed by atoms with E-state index in [1.807, 2.05) is 30.3 Å². The number of amides is 1. The summed E-state index contributed by atoms with van der Waals surface area (Å²) in [6.45, 7) is 4.56. The molecule has 6 heteroatoms. The zero-order chi connectivity index (χ0) is 18.5. The van der Waals surface area contributed by atoms with Crippen molar-refractivity contribution in [2.75, 3.05) is 0 Å². The second kappa shape index (κ2) is 7.74. The van der Waals surface area contributed by atoms with E-state index < -0.39 is 5.69 Å². The Labute approximate surface area is 151 Å². The lowest BCUT2D eigenvalue weighted by molar-refractivity contribution is 0.0945. The maximum Gasteiger partial charge on any atom is 0.346 e. The fourth-order valence-electron chi connectivity index (χ4n) is 2.55. The van der Waals surface area contributed by atoms with Gasteiger partial charge in [-0.1, -0.05) is 44.2 Å². The lowest BCUT2D eigenvalue weighted by atomic mass is 10.0. The predicted octanol–water partition coefficient (Wildman–Crippen LogP) is 2.89. The highest BCUT2D eigenvalue weighted by Crippen LogP contribution is 2.20. The molecular weight excluding hydrogens is 328 g/mol. The van der Waals surface area contributed by atoms with Crippen molar-refractivity contribution in [1.82, 2.24) is 20.3 Å². The van der Waals surface area contributed by atoms with Gasteiger partial charge < -0.3 is 10.3 Å². The van der Waals surface area contributed by atoms with Crippen LogP contribution in [0.15, 0.2) is 59.7 Å². The first-order valence-corrected chi connectivity index (χ1v) is 8.42. The molecule has 0 aliphatic heterocycles. The van der Waals surface area contributed by atoms with Gasteiger partial charge in [0.15, 0.2) is 0 Å². The van der Waals surface area contributed by atoms with Gasteiger partial charge in [-0.15, -0.1) is 0 Å². The predicted molar refractivity (Wildman–Crippen MR) is 99.8 cm³/mol. The van der Waals surface area contributed by atoms with Gasteiger partial charge in [-0.3, -0.25) is 9.78 Å². The number of rotatable bonds is 5. The van der Waals surface area contributed by atoms with Gasteiger partial charge in [0.1, 0.15) is 5.69 Å². The van der Waals surface area contributed by atoms with Gasteiger partial charge in [-0.2, -0.15) is 4.98 Å². The Kier molecular flexibility index (Phi) is 5.22. The van der Waals surface area contributed by atoms with Crippen molar-refractivity contribution < 1.29 is 4.79 Å². The number of carbonyl (C=O) groups is 1. The summed E-state index contributed by atoms with van der Waals surface area (Å²) in [7, 11) is 0. The van der Waals surface area contributed by atoms with Gasteiger partial charge >= 0.3 is 5.69 Å². The average molecular weight is 348 g/mol. The Morgan fingerprint density at radius 2 is 1.96 bits per heavy atom. The molecule has 1 aromatic carbocycles. The minimum atomic E-state index is -0.554. The Hall–Kier alpha value is -3.28. The van der Waals surface area contributed by atoms with Crippen LogP contribution in [-0.4, -0.2) is 20.9 Å². The Morgan fingerprint density at radius 3 is 2.62 bits per heavy atom. The van der Waals surface area contributed by atoms with Gasteiger partial charge in [-0.05, 0) is 29.2 Å². The van der Waals surface area contributed by atoms with Crippen LogP contribution in [0.5, 0.6) is 0 Å². The van der Waals surface area contributed by atoms with E-state index in [4.69, 9.17) is 0 Å². The standard InChI is InChI=1S/C20H20N4O2/c1-13(2)15-5-7-16(8-6-15)17-10-18(24-20(26)23-17)19(25)22-12-14-4-3-9-21-11-14/h3-11,13H,12H2,1-2H3,(H,22,25)(H,23,24,26). The van der Waals surface area contributed by atoms with Crippen molar-refractivity contribution in [3.63, 3.8) is 0 Å². The monoisotopic (exact) mass is 348 g/mol. The lowest BCUT2D eigenvalue weighted by Gasteiger charge is -2.08. The van der Waals surface area contributed by atoms with Crippen LogP contribution in [0.4, 0.5) is 0 Å². The van der Waals surface area contributed by atoms with Gasteiger partial charge in [0, 0.05) is 24.5 Å². The molecule has 6 nitrogen and oxygen atoms in total. The molecule has 0 aliphatic rings. The second-order valence-electron chi connectivity index (χ2n) is 6.31. The zero-order valence-corrected chi connectivity index (χ0v) is 14.7. The molecule has 0 aliphatic carbocycles. The van der Waals surface area contributed by atoms with Crippen LogP contribution in [0.2, 0.25) is 0 Å². The molecule has 0 fully saturated rings. The van der Waals surface area contributed by atoms with Gasteiger partial charge in [0.2, 0.25) is 0 Å². The quantitative estimate of drug-likeness (QED) is 0.742. The molecule has 0 radical (unpaired) electrons. The summed E-state index contributed by atoms with van der Waals surface area (Å²) in [6, 6.07) is 13.1. The number of nitrogens with zero attached hydrogens (tertiary/aromatic N) is 2. The highest BCUT2D eigenvalue weighted by atomic mass is 16.2. The van der Waals surface area contributed by atoms with E-state index in [-0.39, 0.29) is 11.6 Å². The van der Waals surface area contributed by atoms with E-state index >= 15 is 0 Å². The molecule has 2 heterocycles. The van der Waals surface area contributed by atoms with Crippen LogP contribution in [0, 0.1) is 0 Å². The smallest absolute Gasteiger partial charge is 0.346 e. The first kappa shape index (κ1) is 17.5. The van der Waals surface area contributed by atoms with E-state index in [9.17, 15) is 9.59 Å². The number of aromatic nitrogens is 3. The third-order valence-electron chi connectivity index (χ3n) is 4.04. The molecule has 0 spiro atoms. The first-order valence-electron chi connectivity index (χ1n) is 8.42. The number of aromatic amines is 1. The van der Waals surface area contributed by atoms with Crippen LogP contribution in [0.1, 0.15) is 41.4 Å². The fraction of sp³-hybridized carbons (Fsp3) is 0.200. The molecule has 3 aromatic rings. The molecule has 0 bridgehead atoms. The summed E-state index contributed by atoms with van der Waals surface area (Å²) >= 11 is 0. The first-order chi connectivity index (χ1) is 12.5. The maximum absolute atomic E-state index is 12.4. The van der Waals surface area contributed by atoms with Crippen molar-refractivity contribution in [1.29, 1.82) is 0 Å². The Balaban J connectivity index is 1.80. The van der Waals surface area contributed by atoms with E-state index in [1.54, 1.807) is 24.5 Å². The molecule has 1 amide bonds. The van der Waals surface area contributed by atoms with Crippen LogP contribution < -0.4 is 11.0 Å². The number of carbonyl (C=O) groups excluding carboxylic acids is 1. The highest BCUT2D eigenvalue weighted by Gasteiger charge is 2.11. The lowest BCUT2D eigenvalue weighted by Crippen LogP contribution is -2.27. The number of hydrogen-bond acceptors (Lipinski definition) is 4. The number of benzene rings is 1. The Morgan fingerprint density at radius 1 is 1.19 bits per heavy atom. The van der Waals surface area contributed by atoms with E-state index in [1.165, 1.54) is 5.56 Å². The number of H-pyrrole nitrogens is 1. The van der Waals surface area contributed by atoms with Gasteiger partial charge in [-0.25, -0.2) is 4.79 Å². The molecule has 26 heavy (non-hydrogen) atoms. The van der Waals surface area contributed by atoms with Gasteiger partial charge in [0.05, 0.1) is 5.69 Å². The summed E-state index contributed by atoms with van der Waals surface area (Å²) in [5, 5.41) is 2.77. The van der Waals surface area contributed by atoms with Crippen molar-refractivity contribution in [3.8, 4) is 11.3 Å². The molecular formula is C20H20N4O2. The molecule has 0 atom stereocenters. The summed E-state index contributed by atoms with van der Waals surface area (Å²) in [4.78, 5) is 34.7. The van der Waals surface area contributed by atoms with Crippen molar-refractivity contribution >= 4 is 5.91 Å². The number of hydrogen-bond donors (Lipinski definition) is 2. The third-order valence-corrected chi connectivity index (χ3v) is 4.04. The molecule has 132 valence electrons. The summed E-state index contributed by atoms with van der Waals surface area (Å²) in [5.74, 6) is 0.0541. The summed E-state index contributed by atoms with van der Waals surface area (Å²) < 4.78 is 0. The van der Waals surface area contributed by atoms with Crippen LogP contribution in [-0.2, 0) is 6.54 Å². The van der Waals surface area contributed by atoms with Crippen molar-refractivity contribution in [3.05, 3.63) is 82.2 Å². The molecule has 0 saturated heterocycles. The summed E-state index contributed by atoms with van der Waals surface area (Å²) in [5.41, 5.74) is 2.96. The minimum absolute atomic E-state index is 0.178. The minimum Gasteiger partial charge on any atom is -0.347 e. The third kappa shape index (κ3) is 4.22. The fourth-order valence-corrected chi connectivity index (χ4v) is 2.55. The molecule has 0 unspecified atom stereocenters. The summed E-state index contributed by atoms with van der Waals surface area (Å²) in [6.07, 6.45) is 3.35. The van der Waals surface area contributed by atoms with Crippen molar-refractivity contribution in [2.45, 2.75) is 26.3 Å². The topological polar surface area (TPSA) is 87.7 Å². The molecule has 0 saturated carbocycles. The van der Waals surface area contributed by atoms with Crippen LogP contribution in [0.3, 0.4) is 0 Å². The Bertz CT molecular complexity index is 948. The second-order valence-corrected chi connectivity index (χ2v) is 6.31. The van der Waals surface area contributed by atoms with Crippen LogP contribution >= 0.6 is 0 Å². The molecule has 3 rings (SSSR count). The van der Waals surface area contributed by atoms with E-state index in [2.05, 4.69) is 34.1 Å². The normalized spacial score (nSPS) is 10.7. The van der Waals surface area contributed by atoms with Crippen molar-refractivity contribution in [2.24, 2.45) is 0 Å². The number of pyridine rings is 1. The largest absolute Gasteiger partial charge is 0.347 e. The average Bonchev–Trinajstić information content (AvgIpc) is 2.66. The number of nitrogens with one attached hydrogen (secondary N) is 2.